The zero-order valence-electron chi connectivity index (χ0n) is 17.3. The Morgan fingerprint density at radius 2 is 1.79 bits per heavy atom. The molecule has 3 rings (SSSR count). The molecule has 0 aromatic heterocycles. The van der Waals surface area contributed by atoms with Crippen LogP contribution in [0.1, 0.15) is 38.2 Å². The number of methoxy groups -OCH3 is 2. The van der Waals surface area contributed by atoms with Gasteiger partial charge in [0.1, 0.15) is 11.5 Å². The van der Waals surface area contributed by atoms with Gasteiger partial charge in [-0.05, 0) is 49.8 Å². The Labute approximate surface area is 167 Å². The van der Waals surface area contributed by atoms with Crippen molar-refractivity contribution in [3.63, 3.8) is 0 Å². The van der Waals surface area contributed by atoms with Gasteiger partial charge in [0.15, 0.2) is 0 Å². The Morgan fingerprint density at radius 1 is 1.04 bits per heavy atom. The van der Waals surface area contributed by atoms with Gasteiger partial charge in [0.25, 0.3) is 0 Å². The van der Waals surface area contributed by atoms with Crippen LogP contribution in [0.2, 0.25) is 0 Å². The number of ether oxygens (including phenoxy) is 2. The second kappa shape index (κ2) is 9.30. The van der Waals surface area contributed by atoms with Gasteiger partial charge in [-0.25, -0.2) is 0 Å². The molecule has 2 heterocycles. The number of amides is 2. The van der Waals surface area contributed by atoms with E-state index in [2.05, 4.69) is 6.92 Å². The second-order valence-corrected chi connectivity index (χ2v) is 8.04. The Hall–Kier alpha value is -2.24. The lowest BCUT2D eigenvalue weighted by Gasteiger charge is -2.37. The standard InChI is InChI=1S/C22H32N2O4/c1-16-5-4-10-24(15-16)22(26)17-8-11-23(12-9-17)21(25)14-18-13-19(27-2)6-7-20(18)28-3/h6-7,13,16-17H,4-5,8-12,14-15H2,1-3H3. The highest BCUT2D eigenvalue weighted by Gasteiger charge is 2.31. The maximum atomic E-state index is 12.8. The van der Waals surface area contributed by atoms with Gasteiger partial charge in [-0.2, -0.15) is 0 Å². The predicted octanol–water partition coefficient (Wildman–Crippen LogP) is 2.74. The summed E-state index contributed by atoms with van der Waals surface area (Å²) < 4.78 is 10.6. The van der Waals surface area contributed by atoms with Gasteiger partial charge in [-0.3, -0.25) is 9.59 Å². The lowest BCUT2D eigenvalue weighted by Crippen LogP contribution is -2.47. The number of hydrogen-bond acceptors (Lipinski definition) is 4. The van der Waals surface area contributed by atoms with E-state index in [9.17, 15) is 9.59 Å². The smallest absolute Gasteiger partial charge is 0.227 e. The minimum absolute atomic E-state index is 0.0562. The minimum atomic E-state index is 0.0562. The summed E-state index contributed by atoms with van der Waals surface area (Å²) >= 11 is 0. The van der Waals surface area contributed by atoms with Gasteiger partial charge < -0.3 is 19.3 Å². The molecule has 0 radical (unpaired) electrons. The highest BCUT2D eigenvalue weighted by Crippen LogP contribution is 2.27. The number of benzene rings is 1. The van der Waals surface area contributed by atoms with Crippen LogP contribution < -0.4 is 9.47 Å². The first-order valence-electron chi connectivity index (χ1n) is 10.3. The maximum absolute atomic E-state index is 12.8. The van der Waals surface area contributed by atoms with Gasteiger partial charge in [0, 0.05) is 37.7 Å². The van der Waals surface area contributed by atoms with Crippen molar-refractivity contribution in [3.8, 4) is 11.5 Å². The van der Waals surface area contributed by atoms with Gasteiger partial charge >= 0.3 is 0 Å². The van der Waals surface area contributed by atoms with Crippen molar-refractivity contribution in [2.24, 2.45) is 11.8 Å². The third-order valence-electron chi connectivity index (χ3n) is 5.99. The molecule has 0 bridgehead atoms. The van der Waals surface area contributed by atoms with E-state index in [1.807, 2.05) is 28.0 Å². The summed E-state index contributed by atoms with van der Waals surface area (Å²) in [5.74, 6) is 2.41. The first-order valence-corrected chi connectivity index (χ1v) is 10.3. The van der Waals surface area contributed by atoms with Crippen molar-refractivity contribution in [3.05, 3.63) is 23.8 Å². The van der Waals surface area contributed by atoms with Crippen LogP contribution in [-0.2, 0) is 16.0 Å². The SMILES string of the molecule is COc1ccc(OC)c(CC(=O)N2CCC(C(=O)N3CCCC(C)C3)CC2)c1. The van der Waals surface area contributed by atoms with Crippen LogP contribution in [0, 0.1) is 11.8 Å². The largest absolute Gasteiger partial charge is 0.497 e. The van der Waals surface area contributed by atoms with E-state index < -0.39 is 0 Å². The number of piperidine rings is 2. The highest BCUT2D eigenvalue weighted by molar-refractivity contribution is 5.81. The fourth-order valence-electron chi connectivity index (χ4n) is 4.32. The second-order valence-electron chi connectivity index (χ2n) is 8.04. The molecule has 28 heavy (non-hydrogen) atoms. The Bertz CT molecular complexity index is 698. The third kappa shape index (κ3) is 4.78. The molecule has 1 aromatic carbocycles. The highest BCUT2D eigenvalue weighted by atomic mass is 16.5. The van der Waals surface area contributed by atoms with E-state index in [1.54, 1.807) is 14.2 Å². The lowest BCUT2D eigenvalue weighted by molar-refractivity contribution is -0.141. The van der Waals surface area contributed by atoms with Crippen LogP contribution >= 0.6 is 0 Å². The van der Waals surface area contributed by atoms with Crippen molar-refractivity contribution in [2.75, 3.05) is 40.4 Å². The zero-order chi connectivity index (χ0) is 20.1. The number of rotatable bonds is 5. The first kappa shape index (κ1) is 20.5. The molecule has 6 nitrogen and oxygen atoms in total. The number of hydrogen-bond donors (Lipinski definition) is 0. The van der Waals surface area contributed by atoms with Crippen LogP contribution in [-0.4, -0.2) is 62.0 Å². The Kier molecular flexibility index (Phi) is 6.81. The van der Waals surface area contributed by atoms with E-state index in [4.69, 9.17) is 9.47 Å². The van der Waals surface area contributed by atoms with E-state index >= 15 is 0 Å². The third-order valence-corrected chi connectivity index (χ3v) is 5.99. The summed E-state index contributed by atoms with van der Waals surface area (Å²) in [5.41, 5.74) is 0.826. The summed E-state index contributed by atoms with van der Waals surface area (Å²) in [6.45, 7) is 5.27. The molecule has 1 aromatic rings. The maximum Gasteiger partial charge on any atom is 0.227 e. The van der Waals surface area contributed by atoms with Crippen LogP contribution in [0.25, 0.3) is 0 Å². The molecule has 1 atom stereocenters. The molecule has 0 saturated carbocycles. The average molecular weight is 389 g/mol. The number of carbonyl (C=O) groups is 2. The number of nitrogens with zero attached hydrogens (tertiary/aromatic N) is 2. The molecule has 2 aliphatic rings. The minimum Gasteiger partial charge on any atom is -0.497 e. The lowest BCUT2D eigenvalue weighted by atomic mass is 9.92. The van der Waals surface area contributed by atoms with E-state index in [0.717, 1.165) is 37.9 Å². The fraction of sp³-hybridized carbons (Fsp3) is 0.636. The molecule has 1 unspecified atom stereocenters. The molecule has 2 fully saturated rings. The molecular formula is C22H32N2O4. The quantitative estimate of drug-likeness (QED) is 0.778. The monoisotopic (exact) mass is 388 g/mol. The normalized spacial score (nSPS) is 20.8. The molecule has 6 heteroatoms. The molecule has 0 aliphatic carbocycles. The fourth-order valence-corrected chi connectivity index (χ4v) is 4.32. The molecule has 0 N–H and O–H groups in total. The molecule has 2 aliphatic heterocycles. The summed E-state index contributed by atoms with van der Waals surface area (Å²) in [6.07, 6.45) is 4.11. The van der Waals surface area contributed by atoms with Crippen molar-refractivity contribution in [2.45, 2.75) is 39.0 Å². The molecule has 154 valence electrons. The van der Waals surface area contributed by atoms with Crippen LogP contribution in [0.15, 0.2) is 18.2 Å². The van der Waals surface area contributed by atoms with Crippen molar-refractivity contribution >= 4 is 11.8 Å². The average Bonchev–Trinajstić information content (AvgIpc) is 2.73. The molecular weight excluding hydrogens is 356 g/mol. The van der Waals surface area contributed by atoms with Gasteiger partial charge in [-0.1, -0.05) is 6.92 Å². The summed E-state index contributed by atoms with van der Waals surface area (Å²) in [5, 5.41) is 0. The summed E-state index contributed by atoms with van der Waals surface area (Å²) in [4.78, 5) is 29.5. The number of likely N-dealkylation sites (tertiary alicyclic amines) is 2. The van der Waals surface area contributed by atoms with Crippen LogP contribution in [0.4, 0.5) is 0 Å². The van der Waals surface area contributed by atoms with Gasteiger partial charge in [0.05, 0.1) is 20.6 Å². The molecule has 2 amide bonds. The molecule has 0 spiro atoms. The summed E-state index contributed by atoms with van der Waals surface area (Å²) in [6, 6.07) is 5.50. The molecule has 2 saturated heterocycles. The Morgan fingerprint density at radius 3 is 2.43 bits per heavy atom. The first-order chi connectivity index (χ1) is 13.5. The van der Waals surface area contributed by atoms with Crippen molar-refractivity contribution in [1.29, 1.82) is 0 Å². The van der Waals surface area contributed by atoms with Crippen LogP contribution in [0.5, 0.6) is 11.5 Å². The predicted molar refractivity (Wildman–Crippen MR) is 108 cm³/mol. The van der Waals surface area contributed by atoms with Crippen molar-refractivity contribution in [1.82, 2.24) is 9.80 Å². The van der Waals surface area contributed by atoms with E-state index in [1.165, 1.54) is 6.42 Å². The zero-order valence-corrected chi connectivity index (χ0v) is 17.3. The summed E-state index contributed by atoms with van der Waals surface area (Å²) in [7, 11) is 3.21. The Balaban J connectivity index is 1.55. The van der Waals surface area contributed by atoms with E-state index in [0.29, 0.717) is 30.5 Å². The van der Waals surface area contributed by atoms with Crippen LogP contribution in [0.3, 0.4) is 0 Å². The topological polar surface area (TPSA) is 59.1 Å². The van der Waals surface area contributed by atoms with Gasteiger partial charge in [0.2, 0.25) is 11.8 Å². The van der Waals surface area contributed by atoms with Crippen molar-refractivity contribution < 1.29 is 19.1 Å². The van der Waals surface area contributed by atoms with E-state index in [-0.39, 0.29) is 24.2 Å². The number of carbonyl (C=O) groups excluding carboxylic acids is 2. The van der Waals surface area contributed by atoms with Gasteiger partial charge in [-0.15, -0.1) is 0 Å².